The van der Waals surface area contributed by atoms with Gasteiger partial charge in [-0.1, -0.05) is 18.2 Å². The molecule has 1 aromatic carbocycles. The van der Waals surface area contributed by atoms with Crippen molar-refractivity contribution in [2.45, 2.75) is 0 Å². The molecule has 0 atom stereocenters. The number of anilines is 1. The third-order valence-corrected chi connectivity index (χ3v) is 4.17. The summed E-state index contributed by atoms with van der Waals surface area (Å²) in [5, 5.41) is 6.18. The topological polar surface area (TPSA) is 68.0 Å². The van der Waals surface area contributed by atoms with Gasteiger partial charge in [-0.15, -0.1) is 11.3 Å². The van der Waals surface area contributed by atoms with E-state index in [4.69, 9.17) is 4.42 Å². The first-order valence-electron chi connectivity index (χ1n) is 6.95. The third kappa shape index (κ3) is 2.72. The number of para-hydroxylation sites is 1. The van der Waals surface area contributed by atoms with Gasteiger partial charge in [-0.3, -0.25) is 9.78 Å². The fraction of sp³-hybridized carbons (Fsp3) is 0. The van der Waals surface area contributed by atoms with Crippen LogP contribution in [0.2, 0.25) is 0 Å². The third-order valence-electron chi connectivity index (χ3n) is 3.32. The standard InChI is InChI=1S/C17H11N3O2S/c21-16(14-10-23-17(20-14)15-6-3-7-22-15)19-12-8-11-4-1-2-5-13(11)18-9-12/h1-10H,(H,19,21). The Kier molecular flexibility index (Phi) is 3.36. The van der Waals surface area contributed by atoms with Crippen LogP contribution >= 0.6 is 11.3 Å². The summed E-state index contributed by atoms with van der Waals surface area (Å²) in [5.74, 6) is 0.387. The Bertz CT molecular complexity index is 976. The molecule has 0 saturated heterocycles. The summed E-state index contributed by atoms with van der Waals surface area (Å²) in [4.78, 5) is 20.9. The van der Waals surface area contributed by atoms with Gasteiger partial charge in [0, 0.05) is 10.8 Å². The molecule has 112 valence electrons. The predicted octanol–water partition coefficient (Wildman–Crippen LogP) is 4.20. The molecule has 0 aliphatic heterocycles. The van der Waals surface area contributed by atoms with E-state index in [-0.39, 0.29) is 5.91 Å². The van der Waals surface area contributed by atoms with Crippen LogP contribution < -0.4 is 5.32 Å². The normalized spacial score (nSPS) is 10.8. The number of carbonyl (C=O) groups is 1. The number of furan rings is 1. The molecule has 4 aromatic rings. The van der Waals surface area contributed by atoms with Crippen LogP contribution in [0.15, 0.2) is 64.7 Å². The summed E-state index contributed by atoms with van der Waals surface area (Å²) in [7, 11) is 0. The number of fused-ring (bicyclic) bond motifs is 1. The van der Waals surface area contributed by atoms with Crippen LogP contribution in [0.5, 0.6) is 0 Å². The predicted molar refractivity (Wildman–Crippen MR) is 89.5 cm³/mol. The van der Waals surface area contributed by atoms with Gasteiger partial charge in [-0.05, 0) is 24.3 Å². The number of thiazole rings is 1. The first-order chi connectivity index (χ1) is 11.3. The molecule has 0 bridgehead atoms. The van der Waals surface area contributed by atoms with E-state index in [2.05, 4.69) is 15.3 Å². The van der Waals surface area contributed by atoms with E-state index in [1.807, 2.05) is 36.4 Å². The first kappa shape index (κ1) is 13.7. The minimum absolute atomic E-state index is 0.267. The fourth-order valence-corrected chi connectivity index (χ4v) is 2.99. The van der Waals surface area contributed by atoms with Gasteiger partial charge in [0.25, 0.3) is 5.91 Å². The maximum Gasteiger partial charge on any atom is 0.275 e. The van der Waals surface area contributed by atoms with Crippen molar-refractivity contribution in [3.05, 3.63) is 66.0 Å². The lowest BCUT2D eigenvalue weighted by Gasteiger charge is -2.04. The number of hydrogen-bond acceptors (Lipinski definition) is 5. The average molecular weight is 321 g/mol. The van der Waals surface area contributed by atoms with E-state index in [9.17, 15) is 4.79 Å². The molecule has 4 rings (SSSR count). The minimum atomic E-state index is -0.267. The van der Waals surface area contributed by atoms with Crippen molar-refractivity contribution in [3.63, 3.8) is 0 Å². The van der Waals surface area contributed by atoms with Crippen molar-refractivity contribution in [1.29, 1.82) is 0 Å². The molecule has 0 fully saturated rings. The number of benzene rings is 1. The van der Waals surface area contributed by atoms with Crippen LogP contribution in [0.3, 0.4) is 0 Å². The molecule has 6 heteroatoms. The van der Waals surface area contributed by atoms with Crippen molar-refractivity contribution in [2.75, 3.05) is 5.32 Å². The van der Waals surface area contributed by atoms with Crippen molar-refractivity contribution in [3.8, 4) is 10.8 Å². The monoisotopic (exact) mass is 321 g/mol. The molecule has 0 saturated carbocycles. The highest BCUT2D eigenvalue weighted by Gasteiger charge is 2.13. The molecule has 1 amide bonds. The van der Waals surface area contributed by atoms with Crippen molar-refractivity contribution < 1.29 is 9.21 Å². The number of nitrogens with one attached hydrogen (secondary N) is 1. The second-order valence-corrected chi connectivity index (χ2v) is 5.74. The highest BCUT2D eigenvalue weighted by molar-refractivity contribution is 7.13. The van der Waals surface area contributed by atoms with Crippen LogP contribution in [0.4, 0.5) is 5.69 Å². The van der Waals surface area contributed by atoms with Crippen molar-refractivity contribution >= 4 is 33.8 Å². The molecule has 0 aliphatic carbocycles. The Morgan fingerprint density at radius 1 is 1.17 bits per heavy atom. The van der Waals surface area contributed by atoms with Crippen LogP contribution in [-0.2, 0) is 0 Å². The second-order valence-electron chi connectivity index (χ2n) is 4.89. The maximum atomic E-state index is 12.3. The summed E-state index contributed by atoms with van der Waals surface area (Å²) < 4.78 is 5.29. The second kappa shape index (κ2) is 5.66. The summed E-state index contributed by atoms with van der Waals surface area (Å²) in [5.41, 5.74) is 1.88. The Labute approximate surface area is 135 Å². The number of carbonyl (C=O) groups excluding carboxylic acids is 1. The Morgan fingerprint density at radius 3 is 2.96 bits per heavy atom. The number of hydrogen-bond donors (Lipinski definition) is 1. The quantitative estimate of drug-likeness (QED) is 0.614. The molecule has 0 spiro atoms. The lowest BCUT2D eigenvalue weighted by molar-refractivity contribution is 0.102. The molecule has 0 aliphatic rings. The van der Waals surface area contributed by atoms with Gasteiger partial charge in [-0.2, -0.15) is 0 Å². The van der Waals surface area contributed by atoms with Crippen LogP contribution in [0.25, 0.3) is 21.7 Å². The van der Waals surface area contributed by atoms with Crippen molar-refractivity contribution in [2.24, 2.45) is 0 Å². The van der Waals surface area contributed by atoms with E-state index >= 15 is 0 Å². The summed E-state index contributed by atoms with van der Waals surface area (Å²) in [6.07, 6.45) is 3.22. The Balaban J connectivity index is 1.57. The lowest BCUT2D eigenvalue weighted by atomic mass is 10.2. The molecule has 0 radical (unpaired) electrons. The maximum absolute atomic E-state index is 12.3. The lowest BCUT2D eigenvalue weighted by Crippen LogP contribution is -2.12. The number of amides is 1. The molecule has 5 nitrogen and oxygen atoms in total. The zero-order chi connectivity index (χ0) is 15.6. The molecule has 23 heavy (non-hydrogen) atoms. The van der Waals surface area contributed by atoms with E-state index in [1.54, 1.807) is 23.9 Å². The number of nitrogens with zero attached hydrogens (tertiary/aromatic N) is 2. The Hall–Kier alpha value is -2.99. The number of rotatable bonds is 3. The van der Waals surface area contributed by atoms with E-state index in [1.165, 1.54) is 11.3 Å². The highest BCUT2D eigenvalue weighted by atomic mass is 32.1. The highest BCUT2D eigenvalue weighted by Crippen LogP contribution is 2.24. The van der Waals surface area contributed by atoms with Gasteiger partial charge in [0.15, 0.2) is 10.8 Å². The fourth-order valence-electron chi connectivity index (χ4n) is 2.23. The molecule has 1 N–H and O–H groups in total. The van der Waals surface area contributed by atoms with Gasteiger partial charge in [0.2, 0.25) is 0 Å². The van der Waals surface area contributed by atoms with Crippen LogP contribution in [0.1, 0.15) is 10.5 Å². The van der Waals surface area contributed by atoms with Gasteiger partial charge in [0.05, 0.1) is 23.7 Å². The molecule has 3 aromatic heterocycles. The number of pyridine rings is 1. The van der Waals surface area contributed by atoms with Gasteiger partial charge in [-0.25, -0.2) is 4.98 Å². The van der Waals surface area contributed by atoms with E-state index < -0.39 is 0 Å². The van der Waals surface area contributed by atoms with E-state index in [0.29, 0.717) is 22.1 Å². The summed E-state index contributed by atoms with van der Waals surface area (Å²) >= 11 is 1.37. The van der Waals surface area contributed by atoms with Gasteiger partial charge in [0.1, 0.15) is 5.69 Å². The zero-order valence-corrected chi connectivity index (χ0v) is 12.7. The van der Waals surface area contributed by atoms with Crippen molar-refractivity contribution in [1.82, 2.24) is 9.97 Å². The zero-order valence-electron chi connectivity index (χ0n) is 11.9. The molecule has 3 heterocycles. The van der Waals surface area contributed by atoms with Crippen LogP contribution in [-0.4, -0.2) is 15.9 Å². The average Bonchev–Trinajstić information content (AvgIpc) is 3.26. The number of aromatic nitrogens is 2. The minimum Gasteiger partial charge on any atom is -0.462 e. The van der Waals surface area contributed by atoms with Gasteiger partial charge >= 0.3 is 0 Å². The van der Waals surface area contributed by atoms with E-state index in [0.717, 1.165) is 10.9 Å². The van der Waals surface area contributed by atoms with Gasteiger partial charge < -0.3 is 9.73 Å². The summed E-state index contributed by atoms with van der Waals surface area (Å²) in [6.45, 7) is 0. The smallest absolute Gasteiger partial charge is 0.275 e. The molecular weight excluding hydrogens is 310 g/mol. The Morgan fingerprint density at radius 2 is 2.09 bits per heavy atom. The molecular formula is C17H11N3O2S. The SMILES string of the molecule is O=C(Nc1cnc2ccccc2c1)c1csc(-c2ccco2)n1. The first-order valence-corrected chi connectivity index (χ1v) is 7.83. The summed E-state index contributed by atoms with van der Waals surface area (Å²) in [6, 6.07) is 13.2. The van der Waals surface area contributed by atoms with Crippen LogP contribution in [0, 0.1) is 0 Å². The molecule has 0 unspecified atom stereocenters. The largest absolute Gasteiger partial charge is 0.462 e.